The lowest BCUT2D eigenvalue weighted by Crippen LogP contribution is -2.44. The van der Waals surface area contributed by atoms with Crippen LogP contribution in [0.2, 0.25) is 0 Å². The highest BCUT2D eigenvalue weighted by molar-refractivity contribution is 5.90. The van der Waals surface area contributed by atoms with Gasteiger partial charge in [-0.05, 0) is 43.4 Å². The lowest BCUT2D eigenvalue weighted by molar-refractivity contribution is 0.313. The van der Waals surface area contributed by atoms with Gasteiger partial charge in [-0.2, -0.15) is 14.9 Å². The summed E-state index contributed by atoms with van der Waals surface area (Å²) >= 11 is 0. The summed E-state index contributed by atoms with van der Waals surface area (Å²) in [4.78, 5) is 27.3. The monoisotopic (exact) mass is 493 g/mol. The van der Waals surface area contributed by atoms with Crippen LogP contribution in [-0.2, 0) is 7.05 Å². The van der Waals surface area contributed by atoms with Crippen molar-refractivity contribution in [2.75, 3.05) is 43.4 Å². The molecule has 4 heterocycles. The summed E-state index contributed by atoms with van der Waals surface area (Å²) < 4.78 is 3.08. The molecule has 0 radical (unpaired) electrons. The molecular formula is C27H27N9O. The topological polar surface area (TPSA) is 97.0 Å². The molecule has 1 saturated heterocycles. The third kappa shape index (κ3) is 4.54. The van der Waals surface area contributed by atoms with Crippen LogP contribution in [0.5, 0.6) is 0 Å². The Bertz CT molecular complexity index is 1600. The standard InChI is InChI=1S/C27H27N9O/c1-33-12-14-35(15-13-33)21-10-8-20(9-11-21)30-27-28-17-23-25(31-27)24(19-16-29-34(2)18-19)32-36(26(23)37)22-6-4-3-5-7-22/h3-11,16-18H,12-15H2,1-2H3,(H,28,30,31). The van der Waals surface area contributed by atoms with Crippen LogP contribution in [0.3, 0.4) is 0 Å². The number of nitrogens with zero attached hydrogens (tertiary/aromatic N) is 8. The second-order valence-electron chi connectivity index (χ2n) is 9.22. The number of hydrogen-bond acceptors (Lipinski definition) is 8. The molecular weight excluding hydrogens is 466 g/mol. The van der Waals surface area contributed by atoms with Gasteiger partial charge in [0.05, 0.1) is 17.3 Å². The van der Waals surface area contributed by atoms with Gasteiger partial charge in [-0.1, -0.05) is 18.2 Å². The molecule has 0 unspecified atom stereocenters. The van der Waals surface area contributed by atoms with Gasteiger partial charge in [0.25, 0.3) is 5.56 Å². The third-order valence-electron chi connectivity index (χ3n) is 6.61. The summed E-state index contributed by atoms with van der Waals surface area (Å²) in [7, 11) is 3.99. The molecule has 6 rings (SSSR count). The summed E-state index contributed by atoms with van der Waals surface area (Å²) in [6, 6.07) is 17.6. The van der Waals surface area contributed by atoms with Gasteiger partial charge in [0.1, 0.15) is 11.2 Å². The molecule has 5 aromatic rings. The van der Waals surface area contributed by atoms with Gasteiger partial charge in [0.15, 0.2) is 0 Å². The number of aromatic nitrogens is 6. The number of anilines is 3. The zero-order chi connectivity index (χ0) is 25.4. The number of piperazine rings is 1. The van der Waals surface area contributed by atoms with Gasteiger partial charge in [0, 0.05) is 62.6 Å². The smallest absolute Gasteiger partial charge is 0.282 e. The van der Waals surface area contributed by atoms with Crippen molar-refractivity contribution < 1.29 is 0 Å². The number of nitrogens with one attached hydrogen (secondary N) is 1. The first-order valence-electron chi connectivity index (χ1n) is 12.2. The molecule has 10 nitrogen and oxygen atoms in total. The van der Waals surface area contributed by atoms with E-state index >= 15 is 0 Å². The first-order valence-corrected chi connectivity index (χ1v) is 12.2. The van der Waals surface area contributed by atoms with E-state index in [9.17, 15) is 4.79 Å². The Morgan fingerprint density at radius 1 is 0.865 bits per heavy atom. The van der Waals surface area contributed by atoms with Gasteiger partial charge in [-0.15, -0.1) is 0 Å². The van der Waals surface area contributed by atoms with Crippen LogP contribution in [0, 0.1) is 0 Å². The summed E-state index contributed by atoms with van der Waals surface area (Å²) in [6.45, 7) is 4.15. The average molecular weight is 494 g/mol. The Kier molecular flexibility index (Phi) is 5.85. The molecule has 1 N–H and O–H groups in total. The minimum absolute atomic E-state index is 0.281. The molecule has 10 heteroatoms. The van der Waals surface area contributed by atoms with E-state index in [0.29, 0.717) is 28.2 Å². The number of fused-ring (bicyclic) bond motifs is 1. The number of para-hydroxylation sites is 1. The van der Waals surface area contributed by atoms with E-state index in [4.69, 9.17) is 10.1 Å². The average Bonchev–Trinajstić information content (AvgIpc) is 3.36. The highest BCUT2D eigenvalue weighted by atomic mass is 16.1. The van der Waals surface area contributed by atoms with E-state index in [1.807, 2.05) is 55.7 Å². The second kappa shape index (κ2) is 9.47. The fraction of sp³-hybridized carbons (Fsp3) is 0.222. The number of aryl methyl sites for hydroxylation is 1. The van der Waals surface area contributed by atoms with Crippen LogP contribution < -0.4 is 15.8 Å². The predicted molar refractivity (Wildman–Crippen MR) is 145 cm³/mol. The fourth-order valence-electron chi connectivity index (χ4n) is 4.52. The number of rotatable bonds is 5. The molecule has 3 aromatic heterocycles. The lowest BCUT2D eigenvalue weighted by Gasteiger charge is -2.34. The van der Waals surface area contributed by atoms with Crippen molar-refractivity contribution in [1.29, 1.82) is 0 Å². The largest absolute Gasteiger partial charge is 0.369 e. The zero-order valence-electron chi connectivity index (χ0n) is 20.7. The maximum atomic E-state index is 13.4. The molecule has 1 aliphatic rings. The number of likely N-dealkylation sites (N-methyl/N-ethyl adjacent to an activating group) is 1. The van der Waals surface area contributed by atoms with Gasteiger partial charge < -0.3 is 15.1 Å². The molecule has 2 aromatic carbocycles. The highest BCUT2D eigenvalue weighted by Gasteiger charge is 2.18. The quantitative estimate of drug-likeness (QED) is 0.399. The van der Waals surface area contributed by atoms with Crippen molar-refractivity contribution in [2.24, 2.45) is 7.05 Å². The SMILES string of the molecule is CN1CCN(c2ccc(Nc3ncc4c(=O)n(-c5ccccc5)nc(-c5cnn(C)c5)c4n3)cc2)CC1. The predicted octanol–water partition coefficient (Wildman–Crippen LogP) is 3.07. The van der Waals surface area contributed by atoms with Gasteiger partial charge in [-0.3, -0.25) is 9.48 Å². The first kappa shape index (κ1) is 22.9. The van der Waals surface area contributed by atoms with Crippen LogP contribution in [0.25, 0.3) is 27.8 Å². The maximum absolute atomic E-state index is 13.4. The van der Waals surface area contributed by atoms with Crippen molar-refractivity contribution in [3.63, 3.8) is 0 Å². The minimum Gasteiger partial charge on any atom is -0.369 e. The first-order chi connectivity index (χ1) is 18.0. The van der Waals surface area contributed by atoms with E-state index in [2.05, 4.69) is 44.4 Å². The van der Waals surface area contributed by atoms with Crippen LogP contribution in [-0.4, -0.2) is 67.7 Å². The molecule has 37 heavy (non-hydrogen) atoms. The van der Waals surface area contributed by atoms with Gasteiger partial charge >= 0.3 is 0 Å². The number of benzene rings is 2. The molecule has 0 atom stereocenters. The van der Waals surface area contributed by atoms with Crippen molar-refractivity contribution in [3.8, 4) is 16.9 Å². The van der Waals surface area contributed by atoms with E-state index in [1.54, 1.807) is 17.1 Å². The fourth-order valence-corrected chi connectivity index (χ4v) is 4.52. The second-order valence-corrected chi connectivity index (χ2v) is 9.22. The Morgan fingerprint density at radius 2 is 1.62 bits per heavy atom. The molecule has 1 aliphatic heterocycles. The minimum atomic E-state index is -0.281. The van der Waals surface area contributed by atoms with Crippen molar-refractivity contribution in [2.45, 2.75) is 0 Å². The van der Waals surface area contributed by atoms with Crippen LogP contribution in [0.1, 0.15) is 0 Å². The van der Waals surface area contributed by atoms with Crippen molar-refractivity contribution in [3.05, 3.63) is 83.5 Å². The highest BCUT2D eigenvalue weighted by Crippen LogP contribution is 2.26. The van der Waals surface area contributed by atoms with E-state index in [0.717, 1.165) is 37.4 Å². The normalized spacial score (nSPS) is 14.3. The third-order valence-corrected chi connectivity index (χ3v) is 6.61. The Labute approximate surface area is 213 Å². The molecule has 0 saturated carbocycles. The maximum Gasteiger partial charge on any atom is 0.282 e. The molecule has 186 valence electrons. The summed E-state index contributed by atoms with van der Waals surface area (Å²) in [5, 5.41) is 12.6. The Hall–Kier alpha value is -4.57. The summed E-state index contributed by atoms with van der Waals surface area (Å²) in [6.07, 6.45) is 5.13. The van der Waals surface area contributed by atoms with Crippen LogP contribution in [0.15, 0.2) is 78.0 Å². The van der Waals surface area contributed by atoms with Gasteiger partial charge in [0.2, 0.25) is 5.95 Å². The molecule has 1 fully saturated rings. The molecule has 0 aliphatic carbocycles. The van der Waals surface area contributed by atoms with Gasteiger partial charge in [-0.25, -0.2) is 9.97 Å². The summed E-state index contributed by atoms with van der Waals surface area (Å²) in [5.74, 6) is 0.392. The summed E-state index contributed by atoms with van der Waals surface area (Å²) in [5.41, 5.74) is 4.24. The van der Waals surface area contributed by atoms with Crippen molar-refractivity contribution in [1.82, 2.24) is 34.4 Å². The van der Waals surface area contributed by atoms with E-state index < -0.39 is 0 Å². The molecule has 0 bridgehead atoms. The lowest BCUT2D eigenvalue weighted by atomic mass is 10.2. The molecule has 0 amide bonds. The Morgan fingerprint density at radius 3 is 2.32 bits per heavy atom. The van der Waals surface area contributed by atoms with E-state index in [1.165, 1.54) is 10.4 Å². The van der Waals surface area contributed by atoms with Crippen LogP contribution in [0.4, 0.5) is 17.3 Å². The van der Waals surface area contributed by atoms with E-state index in [-0.39, 0.29) is 5.56 Å². The molecule has 0 spiro atoms. The van der Waals surface area contributed by atoms with Crippen LogP contribution >= 0.6 is 0 Å². The zero-order valence-corrected chi connectivity index (χ0v) is 20.7. The van der Waals surface area contributed by atoms with Crippen molar-refractivity contribution >= 4 is 28.2 Å². The Balaban J connectivity index is 1.36. The number of hydrogen-bond donors (Lipinski definition) is 1.